The minimum Gasteiger partial charge on any atom is -0.399 e. The van der Waals surface area contributed by atoms with Crippen LogP contribution in [0.25, 0.3) is 11.1 Å². The number of ether oxygens (including phenoxy) is 2. The van der Waals surface area contributed by atoms with Gasteiger partial charge < -0.3 is 49.0 Å². The summed E-state index contributed by atoms with van der Waals surface area (Å²) in [5.74, 6) is 2.65. The van der Waals surface area contributed by atoms with E-state index in [2.05, 4.69) is 32.3 Å². The monoisotopic (exact) mass is 1240 g/mol. The first-order valence-corrected chi connectivity index (χ1v) is 32.9. The van der Waals surface area contributed by atoms with Gasteiger partial charge in [-0.25, -0.2) is 36.4 Å². The predicted molar refractivity (Wildman–Crippen MR) is 326 cm³/mol. The molecule has 2 aromatic heterocycles. The summed E-state index contributed by atoms with van der Waals surface area (Å²) in [5.41, 5.74) is 4.96. The lowest BCUT2D eigenvalue weighted by atomic mass is 9.76. The van der Waals surface area contributed by atoms with E-state index in [-0.39, 0.29) is 24.1 Å². The van der Waals surface area contributed by atoms with Crippen molar-refractivity contribution in [2.45, 2.75) is 104 Å². The molecule has 0 bridgehead atoms. The van der Waals surface area contributed by atoms with Crippen LogP contribution in [0.1, 0.15) is 84.3 Å². The van der Waals surface area contributed by atoms with E-state index in [4.69, 9.17) is 35.4 Å². The lowest BCUT2D eigenvalue weighted by Crippen LogP contribution is -2.41. The zero-order chi connectivity index (χ0) is 61.1. The van der Waals surface area contributed by atoms with Gasteiger partial charge >= 0.3 is 25.4 Å². The zero-order valence-electron chi connectivity index (χ0n) is 49.6. The van der Waals surface area contributed by atoms with E-state index >= 15 is 0 Å². The number of carbonyl (C=O) groups excluding carboxylic acids is 2. The molecule has 7 aliphatic heterocycles. The fraction of sp³-hybridized carbons (Fsp3) is 0.586. The van der Waals surface area contributed by atoms with Crippen LogP contribution in [0.2, 0.25) is 5.02 Å². The molecule has 0 spiro atoms. The van der Waals surface area contributed by atoms with Crippen LogP contribution in [0.15, 0.2) is 60.7 Å². The largest absolute Gasteiger partial charge is 0.495 e. The number of aromatic nitrogens is 2. The van der Waals surface area contributed by atoms with Gasteiger partial charge in [-0.15, -0.1) is 0 Å². The third-order valence-corrected chi connectivity index (χ3v) is 20.9. The van der Waals surface area contributed by atoms with Crippen molar-refractivity contribution in [1.29, 1.82) is 0 Å². The number of hydrogen-bond donors (Lipinski definition) is 2. The Morgan fingerprint density at radius 2 is 1.11 bits per heavy atom. The summed E-state index contributed by atoms with van der Waals surface area (Å²) in [4.78, 5) is 42.2. The number of benzene rings is 2. The summed E-state index contributed by atoms with van der Waals surface area (Å²) in [6, 6.07) is 18.1. The summed E-state index contributed by atoms with van der Waals surface area (Å²) in [6.07, 6.45) is -1.34. The number of aryl methyl sites for hydroxylation is 2. The lowest BCUT2D eigenvalue weighted by Gasteiger charge is -2.32. The molecule has 7 aliphatic rings. The Kier molecular flexibility index (Phi) is 19.8. The highest BCUT2D eigenvalue weighted by Crippen LogP contribution is 2.38. The normalized spacial score (nSPS) is 22.5. The highest BCUT2D eigenvalue weighted by Gasteiger charge is 2.52. The molecule has 20 nitrogen and oxygen atoms in total. The number of sulfonamides is 2. The quantitative estimate of drug-likeness (QED) is 0.142. The summed E-state index contributed by atoms with van der Waals surface area (Å²) in [5, 5.41) is 6.36. The van der Waals surface area contributed by atoms with Crippen LogP contribution in [0, 0.1) is 25.7 Å². The molecule has 464 valence electrons. The molecule has 4 aromatic rings. The maximum atomic E-state index is 12.9. The average molecular weight is 1240 g/mol. The number of rotatable bonds is 10. The first kappa shape index (κ1) is 63.9. The van der Waals surface area contributed by atoms with Crippen molar-refractivity contribution in [3.05, 3.63) is 76.8 Å². The Morgan fingerprint density at radius 1 is 0.647 bits per heavy atom. The molecule has 2 N–H and O–H groups in total. The number of likely N-dealkylation sites (tertiary alicyclic amines) is 2. The second-order valence-electron chi connectivity index (χ2n) is 23.7. The van der Waals surface area contributed by atoms with Crippen molar-refractivity contribution in [3.63, 3.8) is 0 Å². The number of alkyl halides is 3. The van der Waals surface area contributed by atoms with Crippen LogP contribution in [0.4, 0.5) is 57.4 Å². The minimum atomic E-state index is -4.20. The van der Waals surface area contributed by atoms with Crippen molar-refractivity contribution in [1.82, 2.24) is 19.8 Å². The summed E-state index contributed by atoms with van der Waals surface area (Å²) in [7, 11) is -7.16. The molecule has 0 saturated carbocycles. The number of carbonyl (C=O) groups is 2. The predicted octanol–water partition coefficient (Wildman–Crippen LogP) is 8.91. The van der Waals surface area contributed by atoms with Crippen LogP contribution < -0.4 is 34.5 Å². The Labute approximate surface area is 503 Å². The van der Waals surface area contributed by atoms with Crippen molar-refractivity contribution in [2.75, 3.05) is 132 Å². The SMILES string of the molecule is CC[C@@H]1CCN(C(=O)Nc2ccc(C)c(-c3cc(N4CCOCC4)nc(N4CCCS4(=O)=O)c3)c2)C1.Cc1ccc(NC(=O)N2CC[C@@H](CC(F)(F)F)C2)cc1B1OC(C)(C)C(C)(C)O1.O=S1(=O)CCCN1c1cc(Cl)cc(N2CCOCC2)n1. The first-order valence-electron chi connectivity index (χ1n) is 29.3. The zero-order valence-corrected chi connectivity index (χ0v) is 51.9. The number of halogens is 4. The van der Waals surface area contributed by atoms with Gasteiger partial charge in [0.15, 0.2) is 0 Å². The molecule has 2 aromatic carbocycles. The molecule has 4 amide bonds. The van der Waals surface area contributed by atoms with Crippen LogP contribution in [0.3, 0.4) is 0 Å². The Bertz CT molecular complexity index is 3270. The van der Waals surface area contributed by atoms with Crippen LogP contribution in [-0.2, 0) is 38.8 Å². The minimum absolute atomic E-state index is 0.0756. The van der Waals surface area contributed by atoms with Gasteiger partial charge in [0.2, 0.25) is 20.0 Å². The van der Waals surface area contributed by atoms with E-state index in [0.717, 1.165) is 78.2 Å². The maximum Gasteiger partial charge on any atom is 0.495 e. The molecule has 2 atom stereocenters. The summed E-state index contributed by atoms with van der Waals surface area (Å²) < 4.78 is 113. The van der Waals surface area contributed by atoms with Crippen LogP contribution >= 0.6 is 11.6 Å². The third-order valence-electron chi connectivity index (χ3n) is 17.0. The maximum absolute atomic E-state index is 12.9. The van der Waals surface area contributed by atoms with E-state index < -0.39 is 62.9 Å². The molecular formula is C58H79BClF3N10O10S2. The number of morpholine rings is 2. The molecular weight excluding hydrogens is 1160 g/mol. The van der Waals surface area contributed by atoms with Gasteiger partial charge in [0.1, 0.15) is 23.3 Å². The molecule has 27 heteroatoms. The molecule has 11 rings (SSSR count). The Balaban J connectivity index is 0.000000159. The number of nitrogens with one attached hydrogen (secondary N) is 2. The first-order chi connectivity index (χ1) is 40.2. The van der Waals surface area contributed by atoms with Crippen molar-refractivity contribution in [2.24, 2.45) is 11.8 Å². The van der Waals surface area contributed by atoms with Gasteiger partial charge in [0, 0.05) is 94.3 Å². The van der Waals surface area contributed by atoms with Gasteiger partial charge in [-0.2, -0.15) is 13.2 Å². The fourth-order valence-electron chi connectivity index (χ4n) is 11.3. The highest BCUT2D eigenvalue weighted by atomic mass is 35.5. The molecule has 9 heterocycles. The molecule has 85 heavy (non-hydrogen) atoms. The Hall–Kier alpha value is -5.64. The second-order valence-corrected chi connectivity index (χ2v) is 28.2. The molecule has 7 fully saturated rings. The van der Waals surface area contributed by atoms with E-state index in [1.807, 2.05) is 82.8 Å². The molecule has 7 saturated heterocycles. The van der Waals surface area contributed by atoms with E-state index in [1.54, 1.807) is 24.3 Å². The number of pyridine rings is 2. The molecule has 0 radical (unpaired) electrons. The van der Waals surface area contributed by atoms with Gasteiger partial charge in [-0.05, 0) is 144 Å². The number of hydrogen-bond acceptors (Lipinski definition) is 14. The number of urea groups is 2. The van der Waals surface area contributed by atoms with Crippen molar-refractivity contribution >= 4 is 90.9 Å². The summed E-state index contributed by atoms with van der Waals surface area (Å²) >= 11 is 6.12. The van der Waals surface area contributed by atoms with Gasteiger partial charge in [0.25, 0.3) is 0 Å². The molecule has 0 aliphatic carbocycles. The standard InChI is InChI=1S/C26H35N5O4S.C20H28BF3N2O3.C12H16ClN3O3S/c1-3-20-7-9-30(18-20)26(32)27-22-6-5-19(2)23(17-22)21-15-24(29-10-12-35-13-11-29)28-25(16-21)31-8-4-14-36(31,33)34;1-13-6-7-15(10-16(13)21-28-18(2,3)19(4,5)29-21)25-17(27)26-9-8-14(12-26)11-20(22,23)24;13-10-8-11(15-3-5-19-6-4-15)14-12(9-10)16-2-1-7-20(16,17)18/h5-6,15-17,20H,3-4,7-14,18H2,1-2H3,(H,27,32);6-7,10,14H,8-9,11-12H2,1-5H3,(H,25,27);8-9H,1-7H2/t20-;14-;/m10./s1. The van der Waals surface area contributed by atoms with E-state index in [1.165, 1.54) is 13.5 Å². The second kappa shape index (κ2) is 26.4. The van der Waals surface area contributed by atoms with E-state index in [0.29, 0.717) is 112 Å². The van der Waals surface area contributed by atoms with Crippen molar-refractivity contribution < 1.29 is 58.4 Å². The van der Waals surface area contributed by atoms with Gasteiger partial charge in [0.05, 0.1) is 49.1 Å². The number of amides is 4. The Morgan fingerprint density at radius 3 is 1.60 bits per heavy atom. The highest BCUT2D eigenvalue weighted by molar-refractivity contribution is 7.93. The smallest absolute Gasteiger partial charge is 0.399 e. The van der Waals surface area contributed by atoms with Gasteiger partial charge in [-0.3, -0.25) is 8.61 Å². The van der Waals surface area contributed by atoms with Crippen LogP contribution in [0.5, 0.6) is 0 Å². The third kappa shape index (κ3) is 15.7. The van der Waals surface area contributed by atoms with Crippen LogP contribution in [-0.4, -0.2) is 177 Å². The lowest BCUT2D eigenvalue weighted by molar-refractivity contribution is -0.143. The number of nitrogens with zero attached hydrogens (tertiary/aromatic N) is 8. The van der Waals surface area contributed by atoms with Crippen molar-refractivity contribution in [3.8, 4) is 11.1 Å². The topological polar surface area (TPSA) is 209 Å². The van der Waals surface area contributed by atoms with E-state index in [9.17, 15) is 39.6 Å². The summed E-state index contributed by atoms with van der Waals surface area (Å²) in [6.45, 7) is 22.3. The molecule has 0 unspecified atom stereocenters. The fourth-order valence-corrected chi connectivity index (χ4v) is 14.5. The van der Waals surface area contributed by atoms with Gasteiger partial charge in [-0.1, -0.05) is 42.6 Å². The number of anilines is 6. The average Bonchev–Trinajstić information content (AvgIpc) is 4.25.